The number of carbonyl (C=O) groups is 2. The highest BCUT2D eigenvalue weighted by molar-refractivity contribution is 6.47. The number of benzene rings is 1. The van der Waals surface area contributed by atoms with Crippen molar-refractivity contribution in [1.82, 2.24) is 15.1 Å². The number of nitrogens with one attached hydrogen (secondary N) is 1. The summed E-state index contributed by atoms with van der Waals surface area (Å²) >= 11 is 0. The molecule has 248 valence electrons. The molecule has 9 nitrogen and oxygen atoms in total. The van der Waals surface area contributed by atoms with Gasteiger partial charge in [0.1, 0.15) is 18.2 Å². The molecule has 0 radical (unpaired) electrons. The standard InChI is InChI=1S/C36H51BN4O5/c1-34(2,40-16-11-12-17-40)22-26(23-38)32(42)41-18-10-9-15-28(41)24-44-33(43)39-31(19-25-13-7-6-8-14-25)37-45-30-21-27-20-29(35(27,3)4)36(30,5)46-37/h6-8,13-14,22,27-31H,9-12,15-21,24H2,1-5H3,(H,39,43)/b26-22-/t27-,28+,29-,30+,31-,36-/m0/s1. The first-order valence-corrected chi connectivity index (χ1v) is 17.4. The maximum Gasteiger partial charge on any atom is 0.482 e. The van der Waals surface area contributed by atoms with E-state index in [9.17, 15) is 14.9 Å². The molecule has 7 rings (SSSR count). The minimum absolute atomic E-state index is 0.00464. The molecule has 2 bridgehead atoms. The lowest BCUT2D eigenvalue weighted by atomic mass is 9.43. The summed E-state index contributed by atoms with van der Waals surface area (Å²) in [4.78, 5) is 31.1. The molecular weight excluding hydrogens is 579 g/mol. The van der Waals surface area contributed by atoms with Gasteiger partial charge in [0, 0.05) is 12.1 Å². The second-order valence-corrected chi connectivity index (χ2v) is 15.5. The molecule has 46 heavy (non-hydrogen) atoms. The number of hydrogen-bond donors (Lipinski definition) is 1. The number of amides is 2. The minimum Gasteiger partial charge on any atom is -0.447 e. The number of hydrogen-bond acceptors (Lipinski definition) is 7. The van der Waals surface area contributed by atoms with Crippen molar-refractivity contribution in [3.63, 3.8) is 0 Å². The predicted octanol–water partition coefficient (Wildman–Crippen LogP) is 5.30. The van der Waals surface area contributed by atoms with Crippen molar-refractivity contribution in [2.24, 2.45) is 17.3 Å². The lowest BCUT2D eigenvalue weighted by Crippen LogP contribution is -2.65. The van der Waals surface area contributed by atoms with Crippen LogP contribution in [0.25, 0.3) is 0 Å². The third kappa shape index (κ3) is 6.35. The van der Waals surface area contributed by atoms with E-state index in [4.69, 9.17) is 14.0 Å². The van der Waals surface area contributed by atoms with Crippen molar-refractivity contribution in [3.8, 4) is 6.07 Å². The lowest BCUT2D eigenvalue weighted by molar-refractivity contribution is -0.199. The SMILES string of the molecule is CC1(C)[C@@H]2C[C@H]3OB([C@H](Cc4ccccc4)NC(=O)OC[C@H]4CCCCN4C(=O)/C(C#N)=C\C(C)(C)N4CCCC4)O[C@@]3(C)[C@H]1C2. The molecular formula is C36H51BN4O5. The second-order valence-electron chi connectivity index (χ2n) is 15.5. The van der Waals surface area contributed by atoms with Gasteiger partial charge >= 0.3 is 13.2 Å². The molecule has 1 aromatic rings. The molecule has 1 aromatic carbocycles. The molecule has 6 atom stereocenters. The number of nitriles is 1. The van der Waals surface area contributed by atoms with Crippen LogP contribution in [0.15, 0.2) is 42.0 Å². The third-order valence-electron chi connectivity index (χ3n) is 12.0. The van der Waals surface area contributed by atoms with Crippen molar-refractivity contribution in [2.45, 2.75) is 115 Å². The summed E-state index contributed by atoms with van der Waals surface area (Å²) in [7, 11) is -0.590. The average molecular weight is 631 g/mol. The normalized spacial score (nSPS) is 31.4. The fourth-order valence-electron chi connectivity index (χ4n) is 9.00. The van der Waals surface area contributed by atoms with E-state index < -0.39 is 19.2 Å². The summed E-state index contributed by atoms with van der Waals surface area (Å²) in [6.07, 6.45) is 8.70. The summed E-state index contributed by atoms with van der Waals surface area (Å²) in [6.45, 7) is 13.5. The van der Waals surface area contributed by atoms with E-state index in [1.54, 1.807) is 4.90 Å². The number of ether oxygens (including phenoxy) is 1. The molecule has 1 N–H and O–H groups in total. The first-order valence-electron chi connectivity index (χ1n) is 17.4. The summed E-state index contributed by atoms with van der Waals surface area (Å²) in [5.74, 6) is 0.325. The number of rotatable bonds is 9. The Morgan fingerprint density at radius 3 is 2.54 bits per heavy atom. The van der Waals surface area contributed by atoms with Crippen LogP contribution in [0.3, 0.4) is 0 Å². The Labute approximate surface area is 275 Å². The number of piperidine rings is 1. The van der Waals surface area contributed by atoms with E-state index in [2.05, 4.69) is 50.9 Å². The largest absolute Gasteiger partial charge is 0.482 e. The first-order chi connectivity index (χ1) is 21.9. The van der Waals surface area contributed by atoms with Gasteiger partial charge in [0.2, 0.25) is 0 Å². The Morgan fingerprint density at radius 2 is 1.85 bits per heavy atom. The van der Waals surface area contributed by atoms with Gasteiger partial charge in [-0.3, -0.25) is 9.69 Å². The monoisotopic (exact) mass is 630 g/mol. The van der Waals surface area contributed by atoms with Gasteiger partial charge < -0.3 is 24.3 Å². The van der Waals surface area contributed by atoms with Crippen molar-refractivity contribution < 1.29 is 23.6 Å². The van der Waals surface area contributed by atoms with Gasteiger partial charge in [-0.05, 0) is 114 Å². The molecule has 3 aliphatic heterocycles. The van der Waals surface area contributed by atoms with Gasteiger partial charge in [-0.2, -0.15) is 5.26 Å². The number of likely N-dealkylation sites (tertiary alicyclic amines) is 2. The van der Waals surface area contributed by atoms with Gasteiger partial charge in [-0.25, -0.2) is 4.79 Å². The van der Waals surface area contributed by atoms with Gasteiger partial charge in [-0.15, -0.1) is 0 Å². The van der Waals surface area contributed by atoms with Gasteiger partial charge in [-0.1, -0.05) is 44.2 Å². The van der Waals surface area contributed by atoms with Crippen LogP contribution in [-0.4, -0.2) is 84.4 Å². The molecule has 10 heteroatoms. The molecule has 2 amide bonds. The van der Waals surface area contributed by atoms with Crippen LogP contribution in [0, 0.1) is 28.6 Å². The smallest absolute Gasteiger partial charge is 0.447 e. The van der Waals surface area contributed by atoms with Crippen LogP contribution in [0.1, 0.15) is 85.1 Å². The summed E-state index contributed by atoms with van der Waals surface area (Å²) in [5.41, 5.74) is 0.673. The quantitative estimate of drug-likeness (QED) is 0.225. The lowest BCUT2D eigenvalue weighted by Gasteiger charge is -2.64. The fraction of sp³-hybridized carbons (Fsp3) is 0.694. The van der Waals surface area contributed by atoms with E-state index in [0.717, 1.165) is 57.2 Å². The van der Waals surface area contributed by atoms with Gasteiger partial charge in [0.25, 0.3) is 5.91 Å². The Hall–Kier alpha value is -2.87. The zero-order valence-corrected chi connectivity index (χ0v) is 28.3. The highest BCUT2D eigenvalue weighted by atomic mass is 16.7. The average Bonchev–Trinajstić information content (AvgIpc) is 3.71. The van der Waals surface area contributed by atoms with E-state index in [0.29, 0.717) is 31.2 Å². The van der Waals surface area contributed by atoms with Gasteiger partial charge in [0.05, 0.1) is 23.7 Å². The third-order valence-corrected chi connectivity index (χ3v) is 12.0. The van der Waals surface area contributed by atoms with Gasteiger partial charge in [0.15, 0.2) is 0 Å². The molecule has 0 aromatic heterocycles. The zero-order chi connectivity index (χ0) is 32.7. The first kappa shape index (κ1) is 33.1. The van der Waals surface area contributed by atoms with Crippen LogP contribution < -0.4 is 5.32 Å². The molecule has 3 aliphatic carbocycles. The molecule has 3 heterocycles. The Bertz CT molecular complexity index is 1360. The molecule has 3 saturated heterocycles. The summed E-state index contributed by atoms with van der Waals surface area (Å²) in [6, 6.07) is 11.9. The van der Waals surface area contributed by atoms with Crippen LogP contribution in [0.4, 0.5) is 4.79 Å². The van der Waals surface area contributed by atoms with Crippen LogP contribution >= 0.6 is 0 Å². The second kappa shape index (κ2) is 13.0. The van der Waals surface area contributed by atoms with E-state index in [1.165, 1.54) is 0 Å². The van der Waals surface area contributed by atoms with E-state index in [1.807, 2.05) is 36.4 Å². The predicted molar refractivity (Wildman–Crippen MR) is 176 cm³/mol. The number of alkyl carbamates (subject to hydrolysis) is 1. The molecule has 6 fully saturated rings. The highest BCUT2D eigenvalue weighted by Gasteiger charge is 2.68. The van der Waals surface area contributed by atoms with Crippen LogP contribution in [0.5, 0.6) is 0 Å². The number of carbonyl (C=O) groups excluding carboxylic acids is 2. The Kier molecular flexibility index (Phi) is 9.32. The number of nitrogens with zero attached hydrogens (tertiary/aromatic N) is 3. The summed E-state index contributed by atoms with van der Waals surface area (Å²) < 4.78 is 19.1. The molecule has 6 aliphatic rings. The van der Waals surface area contributed by atoms with Crippen molar-refractivity contribution >= 4 is 19.1 Å². The zero-order valence-electron chi connectivity index (χ0n) is 28.3. The highest BCUT2D eigenvalue weighted by Crippen LogP contribution is 2.65. The minimum atomic E-state index is -0.590. The van der Waals surface area contributed by atoms with E-state index >= 15 is 0 Å². The van der Waals surface area contributed by atoms with Crippen LogP contribution in [-0.2, 0) is 25.3 Å². The summed E-state index contributed by atoms with van der Waals surface area (Å²) in [5, 5.41) is 13.1. The maximum atomic E-state index is 13.7. The topological polar surface area (TPSA) is 104 Å². The van der Waals surface area contributed by atoms with Crippen LogP contribution in [0.2, 0.25) is 0 Å². The maximum absolute atomic E-state index is 13.7. The van der Waals surface area contributed by atoms with Crippen molar-refractivity contribution in [3.05, 3.63) is 47.5 Å². The van der Waals surface area contributed by atoms with E-state index in [-0.39, 0.29) is 46.8 Å². The van der Waals surface area contributed by atoms with Crippen molar-refractivity contribution in [1.29, 1.82) is 5.26 Å². The Morgan fingerprint density at radius 1 is 1.13 bits per heavy atom. The fourth-order valence-corrected chi connectivity index (χ4v) is 9.00. The molecule has 0 unspecified atom stereocenters. The Balaban J connectivity index is 1.11. The molecule has 0 spiro atoms. The molecule has 3 saturated carbocycles. The van der Waals surface area contributed by atoms with Crippen molar-refractivity contribution in [2.75, 3.05) is 26.2 Å².